The molecule has 0 aliphatic carbocycles. The number of carbonyl (C=O) groups is 1. The molecule has 2 aromatic rings. The van der Waals surface area contributed by atoms with E-state index < -0.39 is 18.1 Å². The molecular weight excluding hydrogens is 308 g/mol. The summed E-state index contributed by atoms with van der Waals surface area (Å²) in [7, 11) is 1.53. The highest BCUT2D eigenvalue weighted by atomic mass is 16.4. The topological polar surface area (TPSA) is 100 Å². The number of pyridine rings is 1. The first-order valence-electron chi connectivity index (χ1n) is 7.95. The van der Waals surface area contributed by atoms with E-state index in [0.29, 0.717) is 6.42 Å². The Morgan fingerprint density at radius 2 is 2.12 bits per heavy atom. The fourth-order valence-electron chi connectivity index (χ4n) is 2.82. The molecule has 0 spiro atoms. The van der Waals surface area contributed by atoms with Gasteiger partial charge in [-0.15, -0.1) is 0 Å². The first-order valence-corrected chi connectivity index (χ1v) is 7.95. The van der Waals surface area contributed by atoms with Crippen molar-refractivity contribution in [2.75, 3.05) is 7.05 Å². The Labute approximate surface area is 141 Å². The lowest BCUT2D eigenvalue weighted by Gasteiger charge is -2.25. The van der Waals surface area contributed by atoms with Gasteiger partial charge in [-0.1, -0.05) is 13.0 Å². The van der Waals surface area contributed by atoms with Crippen molar-refractivity contribution in [3.8, 4) is 0 Å². The summed E-state index contributed by atoms with van der Waals surface area (Å²) in [5.41, 5.74) is 1.06. The van der Waals surface area contributed by atoms with Crippen molar-refractivity contribution in [2.45, 2.75) is 38.5 Å². The summed E-state index contributed by atoms with van der Waals surface area (Å²) in [5, 5.41) is 22.1. The van der Waals surface area contributed by atoms with E-state index in [2.05, 4.69) is 22.2 Å². The van der Waals surface area contributed by atoms with Gasteiger partial charge in [0, 0.05) is 31.2 Å². The molecule has 0 amide bonds. The molecular formula is C17H24N4O3. The minimum Gasteiger partial charge on any atom is -0.480 e. The summed E-state index contributed by atoms with van der Waals surface area (Å²) < 4.78 is 2.02. The van der Waals surface area contributed by atoms with Crippen molar-refractivity contribution in [1.82, 2.24) is 19.9 Å². The number of likely N-dealkylation sites (N-methyl/N-ethyl adjacent to an activating group) is 1. The third-order valence-electron chi connectivity index (χ3n) is 4.34. The highest BCUT2D eigenvalue weighted by molar-refractivity contribution is 5.74. The molecule has 130 valence electrons. The molecule has 2 aromatic heterocycles. The predicted molar refractivity (Wildman–Crippen MR) is 89.6 cm³/mol. The van der Waals surface area contributed by atoms with E-state index in [1.165, 1.54) is 7.05 Å². The zero-order valence-electron chi connectivity index (χ0n) is 14.1. The summed E-state index contributed by atoms with van der Waals surface area (Å²) >= 11 is 0. The zero-order valence-corrected chi connectivity index (χ0v) is 14.1. The maximum atomic E-state index is 11.2. The third kappa shape index (κ3) is 3.98. The van der Waals surface area contributed by atoms with Crippen LogP contribution in [0.5, 0.6) is 0 Å². The lowest BCUT2D eigenvalue weighted by Crippen LogP contribution is -2.47. The van der Waals surface area contributed by atoms with Crippen LogP contribution in [0.3, 0.4) is 0 Å². The molecule has 3 N–H and O–H groups in total. The minimum atomic E-state index is -1.07. The third-order valence-corrected chi connectivity index (χ3v) is 4.34. The van der Waals surface area contributed by atoms with E-state index in [-0.39, 0.29) is 12.0 Å². The molecule has 0 bridgehead atoms. The Morgan fingerprint density at radius 3 is 2.71 bits per heavy atom. The van der Waals surface area contributed by atoms with Gasteiger partial charge in [0.05, 0.1) is 12.1 Å². The number of nitrogens with zero attached hydrogens (tertiary/aromatic N) is 3. The van der Waals surface area contributed by atoms with Gasteiger partial charge < -0.3 is 20.1 Å². The van der Waals surface area contributed by atoms with Crippen molar-refractivity contribution in [2.24, 2.45) is 5.92 Å². The molecule has 7 nitrogen and oxygen atoms in total. The number of rotatable bonds is 8. The standard InChI is InChI=1S/C17H24N4O3/c1-11(16(22)15(18-3)17(23)24)9-14-20-7-8-21(14)12(2)13-5-4-6-19-10-13/h4-8,10-12,15-16,18,22H,9H2,1-3H3,(H,23,24)/t11-,12?,15+,16-/m1/s1. The van der Waals surface area contributed by atoms with Crippen molar-refractivity contribution in [1.29, 1.82) is 0 Å². The fraction of sp³-hybridized carbons (Fsp3) is 0.471. The molecule has 24 heavy (non-hydrogen) atoms. The molecule has 2 rings (SSSR count). The van der Waals surface area contributed by atoms with Gasteiger partial charge in [0.2, 0.25) is 0 Å². The number of hydrogen-bond donors (Lipinski definition) is 3. The molecule has 0 aliphatic rings. The average Bonchev–Trinajstić information content (AvgIpc) is 3.03. The van der Waals surface area contributed by atoms with Crippen LogP contribution in [0.15, 0.2) is 36.9 Å². The van der Waals surface area contributed by atoms with Gasteiger partial charge in [-0.25, -0.2) is 4.98 Å². The second-order valence-electron chi connectivity index (χ2n) is 5.99. The van der Waals surface area contributed by atoms with E-state index in [1.54, 1.807) is 12.4 Å². The first kappa shape index (κ1) is 18.1. The van der Waals surface area contributed by atoms with Crippen LogP contribution in [0, 0.1) is 5.92 Å². The Balaban J connectivity index is 2.14. The summed E-state index contributed by atoms with van der Waals surface area (Å²) in [6, 6.07) is 2.94. The van der Waals surface area contributed by atoms with Crippen LogP contribution in [0.2, 0.25) is 0 Å². The van der Waals surface area contributed by atoms with Crippen molar-refractivity contribution >= 4 is 5.97 Å². The van der Waals surface area contributed by atoms with Crippen LogP contribution in [-0.4, -0.2) is 49.9 Å². The fourth-order valence-corrected chi connectivity index (χ4v) is 2.82. The number of carboxylic acids is 1. The maximum absolute atomic E-state index is 11.2. The number of imidazole rings is 1. The minimum absolute atomic E-state index is 0.0557. The van der Waals surface area contributed by atoms with Crippen molar-refractivity contribution in [3.63, 3.8) is 0 Å². The van der Waals surface area contributed by atoms with E-state index in [9.17, 15) is 9.90 Å². The molecule has 4 atom stereocenters. The van der Waals surface area contributed by atoms with Gasteiger partial charge >= 0.3 is 5.97 Å². The first-order chi connectivity index (χ1) is 11.5. The van der Waals surface area contributed by atoms with Gasteiger partial charge in [0.25, 0.3) is 0 Å². The smallest absolute Gasteiger partial charge is 0.323 e. The molecule has 0 aromatic carbocycles. The lowest BCUT2D eigenvalue weighted by molar-refractivity contribution is -0.143. The summed E-state index contributed by atoms with van der Waals surface area (Å²) in [6.07, 6.45) is 6.62. The summed E-state index contributed by atoms with van der Waals surface area (Å²) in [6.45, 7) is 3.88. The van der Waals surface area contributed by atoms with E-state index in [1.807, 2.05) is 36.0 Å². The lowest BCUT2D eigenvalue weighted by atomic mass is 9.94. The van der Waals surface area contributed by atoms with Gasteiger partial charge in [-0.05, 0) is 31.5 Å². The van der Waals surface area contributed by atoms with Gasteiger partial charge in [0.1, 0.15) is 11.9 Å². The second kappa shape index (κ2) is 8.03. The SMILES string of the molecule is CN[C@H](C(=O)O)[C@H](O)[C@H](C)Cc1nccn1C(C)c1cccnc1. The van der Waals surface area contributed by atoms with Crippen LogP contribution < -0.4 is 5.32 Å². The normalized spacial score (nSPS) is 16.3. The van der Waals surface area contributed by atoms with Crippen LogP contribution >= 0.6 is 0 Å². The number of aromatic nitrogens is 3. The predicted octanol–water partition coefficient (Wildman–Crippen LogP) is 1.10. The van der Waals surface area contributed by atoms with Gasteiger partial charge in [0.15, 0.2) is 0 Å². The Hall–Kier alpha value is -2.25. The van der Waals surface area contributed by atoms with E-state index in [4.69, 9.17) is 5.11 Å². The van der Waals surface area contributed by atoms with Crippen LogP contribution in [0.4, 0.5) is 0 Å². The van der Waals surface area contributed by atoms with Crippen LogP contribution in [-0.2, 0) is 11.2 Å². The molecule has 0 radical (unpaired) electrons. The number of carboxylic acid groups (broad SMARTS) is 1. The van der Waals surface area contributed by atoms with E-state index in [0.717, 1.165) is 11.4 Å². The second-order valence-corrected chi connectivity index (χ2v) is 5.99. The molecule has 2 heterocycles. The Morgan fingerprint density at radius 1 is 1.38 bits per heavy atom. The van der Waals surface area contributed by atoms with Crippen molar-refractivity contribution in [3.05, 3.63) is 48.3 Å². The number of aliphatic hydroxyl groups is 1. The van der Waals surface area contributed by atoms with Gasteiger partial charge in [-0.3, -0.25) is 9.78 Å². The molecule has 0 aliphatic heterocycles. The number of aliphatic hydroxyl groups excluding tert-OH is 1. The van der Waals surface area contributed by atoms with Gasteiger partial charge in [-0.2, -0.15) is 0 Å². The van der Waals surface area contributed by atoms with E-state index >= 15 is 0 Å². The monoisotopic (exact) mass is 332 g/mol. The summed E-state index contributed by atoms with van der Waals surface area (Å²) in [5.74, 6) is -0.525. The number of nitrogens with one attached hydrogen (secondary N) is 1. The number of hydrogen-bond acceptors (Lipinski definition) is 5. The Bertz CT molecular complexity index is 659. The zero-order chi connectivity index (χ0) is 17.7. The largest absolute Gasteiger partial charge is 0.480 e. The molecule has 1 unspecified atom stereocenters. The number of aliphatic carboxylic acids is 1. The quantitative estimate of drug-likeness (QED) is 0.669. The highest BCUT2D eigenvalue weighted by Crippen LogP contribution is 2.21. The Kier molecular flexibility index (Phi) is 6.05. The van der Waals surface area contributed by atoms with Crippen LogP contribution in [0.25, 0.3) is 0 Å². The average molecular weight is 332 g/mol. The molecule has 0 saturated carbocycles. The molecule has 0 saturated heterocycles. The molecule has 0 fully saturated rings. The van der Waals surface area contributed by atoms with Crippen LogP contribution in [0.1, 0.15) is 31.3 Å². The molecule has 7 heteroatoms. The highest BCUT2D eigenvalue weighted by Gasteiger charge is 2.30. The summed E-state index contributed by atoms with van der Waals surface area (Å²) in [4.78, 5) is 19.7. The maximum Gasteiger partial charge on any atom is 0.323 e. The van der Waals surface area contributed by atoms with Crippen molar-refractivity contribution < 1.29 is 15.0 Å².